The van der Waals surface area contributed by atoms with Crippen molar-refractivity contribution < 1.29 is 50.3 Å². The molecule has 51 heavy (non-hydrogen) atoms. The molecule has 7 rings (SSSR count). The lowest BCUT2D eigenvalue weighted by Crippen LogP contribution is -2.47. The highest BCUT2D eigenvalue weighted by molar-refractivity contribution is 5.87. The molecular weight excluding hydrogens is 670 g/mol. The van der Waals surface area contributed by atoms with Crippen LogP contribution in [-0.4, -0.2) is 70.9 Å². The lowest BCUT2D eigenvalue weighted by molar-refractivity contribution is -0.0760. The van der Waals surface area contributed by atoms with Crippen LogP contribution in [0, 0.1) is 6.92 Å². The average molecular weight is 704 g/mol. The molecule has 0 aliphatic carbocycles. The Bertz CT molecular complexity index is 2210. The van der Waals surface area contributed by atoms with Gasteiger partial charge in [-0.1, -0.05) is 0 Å². The quantitative estimate of drug-likeness (QED) is 0.147. The van der Waals surface area contributed by atoms with Gasteiger partial charge in [-0.05, 0) is 55.4 Å². The molecule has 0 unspecified atom stereocenters. The first-order chi connectivity index (χ1) is 24.2. The molecule has 0 spiro atoms. The van der Waals surface area contributed by atoms with E-state index in [2.05, 4.69) is 29.9 Å². The van der Waals surface area contributed by atoms with Crippen LogP contribution in [0.3, 0.4) is 0 Å². The Morgan fingerprint density at radius 3 is 1.80 bits per heavy atom. The highest BCUT2D eigenvalue weighted by atomic mass is 16.6. The topological polar surface area (TPSA) is 221 Å². The molecule has 2 atom stereocenters. The van der Waals surface area contributed by atoms with E-state index in [1.54, 1.807) is 48.5 Å². The number of aryl methyl sites for hydroxylation is 1. The van der Waals surface area contributed by atoms with E-state index >= 15 is 0 Å². The minimum atomic E-state index is -0.983. The minimum absolute atomic E-state index is 0.00618. The average Bonchev–Trinajstić information content (AvgIpc) is 3.89. The van der Waals surface area contributed by atoms with Crippen LogP contribution in [0.15, 0.2) is 57.8 Å². The summed E-state index contributed by atoms with van der Waals surface area (Å²) in [7, 11) is 0. The second-order valence-electron chi connectivity index (χ2n) is 12.9. The summed E-state index contributed by atoms with van der Waals surface area (Å²) in [5.41, 5.74) is -0.339. The van der Waals surface area contributed by atoms with Gasteiger partial charge in [0.1, 0.15) is 54.4 Å². The van der Waals surface area contributed by atoms with E-state index in [0.717, 1.165) is 0 Å². The van der Waals surface area contributed by atoms with E-state index < -0.39 is 35.5 Å². The largest absolute Gasteiger partial charge is 0.461 e. The number of ether oxygens (including phenoxy) is 3. The number of oxazole rings is 6. The summed E-state index contributed by atoms with van der Waals surface area (Å²) in [5, 5.41) is 0. The van der Waals surface area contributed by atoms with Gasteiger partial charge in [-0.2, -0.15) is 0 Å². The van der Waals surface area contributed by atoms with Crippen molar-refractivity contribution in [1.29, 1.82) is 0 Å². The lowest BCUT2D eigenvalue weighted by Gasteiger charge is -2.34. The number of nitrogens with zero attached hydrogens (tertiary/aromatic N) is 7. The summed E-state index contributed by atoms with van der Waals surface area (Å²) in [4.78, 5) is 53.1. The maximum atomic E-state index is 13.3. The molecule has 6 aromatic heterocycles. The highest BCUT2D eigenvalue weighted by Crippen LogP contribution is 2.43. The molecule has 266 valence electrons. The van der Waals surface area contributed by atoms with Gasteiger partial charge in [0.25, 0.3) is 0 Å². The second kappa shape index (κ2) is 12.4. The number of rotatable bonds is 8. The predicted molar refractivity (Wildman–Crippen MR) is 170 cm³/mol. The minimum Gasteiger partial charge on any atom is -0.461 e. The summed E-state index contributed by atoms with van der Waals surface area (Å²) < 4.78 is 50.6. The van der Waals surface area contributed by atoms with E-state index in [9.17, 15) is 9.59 Å². The fraction of sp³-hybridized carbons (Fsp3) is 0.394. The van der Waals surface area contributed by atoms with Crippen LogP contribution in [0.2, 0.25) is 0 Å². The van der Waals surface area contributed by atoms with Crippen molar-refractivity contribution in [3.05, 3.63) is 48.7 Å². The Balaban J connectivity index is 1.07. The Labute approximate surface area is 289 Å². The van der Waals surface area contributed by atoms with E-state index in [4.69, 9.17) is 40.7 Å². The van der Waals surface area contributed by atoms with Crippen molar-refractivity contribution >= 4 is 12.1 Å². The number of carbonyl (C=O) groups excluding carboxylic acids is 2. The Morgan fingerprint density at radius 1 is 0.784 bits per heavy atom. The van der Waals surface area contributed by atoms with Gasteiger partial charge in [-0.15, -0.1) is 0 Å². The van der Waals surface area contributed by atoms with E-state index in [1.165, 1.54) is 36.2 Å². The van der Waals surface area contributed by atoms with Crippen molar-refractivity contribution in [2.45, 2.75) is 78.9 Å². The van der Waals surface area contributed by atoms with Gasteiger partial charge in [0.05, 0.1) is 12.7 Å². The fourth-order valence-corrected chi connectivity index (χ4v) is 5.46. The van der Waals surface area contributed by atoms with E-state index in [-0.39, 0.29) is 70.4 Å². The zero-order valence-corrected chi connectivity index (χ0v) is 28.9. The number of aromatic nitrogens is 6. The van der Waals surface area contributed by atoms with Crippen molar-refractivity contribution in [1.82, 2.24) is 34.8 Å². The molecule has 1 saturated heterocycles. The monoisotopic (exact) mass is 703 g/mol. The molecule has 0 radical (unpaired) electrons. The Hall–Kier alpha value is -6.04. The highest BCUT2D eigenvalue weighted by Gasteiger charge is 2.52. The molecule has 7 heterocycles. The third-order valence-electron chi connectivity index (χ3n) is 7.52. The summed E-state index contributed by atoms with van der Waals surface area (Å²) >= 11 is 0. The summed E-state index contributed by atoms with van der Waals surface area (Å²) in [6.45, 7) is 14.4. The summed E-state index contributed by atoms with van der Waals surface area (Å²) in [5.74, 6) is 0.597. The van der Waals surface area contributed by atoms with Crippen molar-refractivity contribution in [3.8, 4) is 57.9 Å². The number of esters is 1. The van der Waals surface area contributed by atoms with Gasteiger partial charge >= 0.3 is 12.1 Å². The number of amides is 1. The first-order valence-corrected chi connectivity index (χ1v) is 15.8. The smallest absolute Gasteiger partial charge is 0.413 e. The van der Waals surface area contributed by atoms with Crippen LogP contribution in [0.5, 0.6) is 0 Å². The van der Waals surface area contributed by atoms with Crippen LogP contribution in [0.4, 0.5) is 4.79 Å². The normalized spacial score (nSPS) is 17.3. The molecule has 1 fully saturated rings. The molecule has 18 nitrogen and oxygen atoms in total. The predicted octanol–water partition coefficient (Wildman–Crippen LogP) is 6.87. The van der Waals surface area contributed by atoms with Crippen LogP contribution in [-0.2, 0) is 14.2 Å². The van der Waals surface area contributed by atoms with Gasteiger partial charge in [-0.25, -0.2) is 39.5 Å². The van der Waals surface area contributed by atoms with Crippen molar-refractivity contribution in [2.24, 2.45) is 0 Å². The van der Waals surface area contributed by atoms with Crippen LogP contribution < -0.4 is 0 Å². The third kappa shape index (κ3) is 6.40. The first kappa shape index (κ1) is 33.5. The van der Waals surface area contributed by atoms with Gasteiger partial charge in [0.2, 0.25) is 35.3 Å². The third-order valence-corrected chi connectivity index (χ3v) is 7.52. The lowest BCUT2D eigenvalue weighted by atomic mass is 10.1. The molecular formula is C33H33N7O11. The molecule has 1 amide bonds. The summed E-state index contributed by atoms with van der Waals surface area (Å²) in [6.07, 6.45) is 5.51. The number of hydrogen-bond donors (Lipinski definition) is 0. The number of carbonyl (C=O) groups is 2. The molecule has 0 aromatic carbocycles. The molecule has 18 heteroatoms. The molecule has 0 bridgehead atoms. The first-order valence-electron chi connectivity index (χ1n) is 15.8. The second-order valence-corrected chi connectivity index (χ2v) is 12.9. The van der Waals surface area contributed by atoms with Crippen LogP contribution >= 0.6 is 0 Å². The molecule has 6 aromatic rings. The van der Waals surface area contributed by atoms with Gasteiger partial charge in [0.15, 0.2) is 34.2 Å². The SMILES string of the molecule is CCOC(=O)c1coc(-c2coc(-c3coc(-c4coc(-c5coc(-c6nc([C@@H]7[C@@H](C)OC(C)(C)N7C(=O)OC(C)(C)C)oc6C)n5)n4)n3)n2)n1. The Kier molecular flexibility index (Phi) is 8.12. The molecule has 0 saturated carbocycles. The van der Waals surface area contributed by atoms with Gasteiger partial charge in [-0.3, -0.25) is 4.90 Å². The van der Waals surface area contributed by atoms with Crippen LogP contribution in [0.1, 0.15) is 76.6 Å². The number of hydrogen-bond acceptors (Lipinski definition) is 17. The van der Waals surface area contributed by atoms with E-state index in [0.29, 0.717) is 11.5 Å². The van der Waals surface area contributed by atoms with Gasteiger partial charge in [0, 0.05) is 0 Å². The van der Waals surface area contributed by atoms with E-state index in [1.807, 2.05) is 6.92 Å². The molecule has 1 aliphatic rings. The van der Waals surface area contributed by atoms with Gasteiger partial charge < -0.3 is 40.7 Å². The van der Waals surface area contributed by atoms with Crippen molar-refractivity contribution in [3.63, 3.8) is 0 Å². The molecule has 1 aliphatic heterocycles. The Morgan fingerprint density at radius 2 is 1.27 bits per heavy atom. The van der Waals surface area contributed by atoms with Crippen molar-refractivity contribution in [2.75, 3.05) is 6.61 Å². The molecule has 0 N–H and O–H groups in total. The maximum Gasteiger partial charge on any atom is 0.413 e. The maximum absolute atomic E-state index is 13.3. The zero-order valence-electron chi connectivity index (χ0n) is 28.9. The standard InChI is InChI=1S/C33H33N7O11/c1-9-43-30(41)21-14-47-27(38-21)19-12-45-25(36-19)17-10-44-24(34-17)18-11-46-26(35-18)20-13-48-28(37-20)22-15(2)49-29(39-22)23-16(3)50-33(7,8)40(23)31(42)51-32(4,5)6/h10-14,16,23H,9H2,1-8H3/t16-,23+/m1/s1. The summed E-state index contributed by atoms with van der Waals surface area (Å²) in [6, 6.07) is -0.675. The zero-order chi connectivity index (χ0) is 36.2. The fourth-order valence-electron chi connectivity index (χ4n) is 5.46. The van der Waals surface area contributed by atoms with Crippen LogP contribution in [0.25, 0.3) is 57.9 Å².